The molecular formula is C19H25ClN2O5S. The maximum absolute atomic E-state index is 12.6. The van der Waals surface area contributed by atoms with Crippen molar-refractivity contribution in [2.75, 3.05) is 6.54 Å². The molecule has 1 amide bonds. The standard InChI is InChI=1S/C19H25ClN2O5S/c1-19(2,3)12-16(18(24)25)22-10-8-15(17(22)23)21-28(26,27)11-9-13-4-6-14(20)7-5-13/h4-7,9,11,15-16,21H,8,10,12H2,1-3H3,(H,24,25)/t15-,16-/m0/s1. The van der Waals surface area contributed by atoms with Crippen molar-refractivity contribution in [1.82, 2.24) is 9.62 Å². The van der Waals surface area contributed by atoms with Crippen LogP contribution in [-0.4, -0.2) is 48.9 Å². The van der Waals surface area contributed by atoms with Crippen LogP contribution in [0.2, 0.25) is 5.02 Å². The van der Waals surface area contributed by atoms with E-state index in [1.54, 1.807) is 24.3 Å². The molecule has 7 nitrogen and oxygen atoms in total. The van der Waals surface area contributed by atoms with E-state index >= 15 is 0 Å². The van der Waals surface area contributed by atoms with Gasteiger partial charge in [0.15, 0.2) is 0 Å². The van der Waals surface area contributed by atoms with Crippen LogP contribution in [0.15, 0.2) is 29.7 Å². The molecule has 28 heavy (non-hydrogen) atoms. The molecule has 0 unspecified atom stereocenters. The lowest BCUT2D eigenvalue weighted by Gasteiger charge is -2.30. The van der Waals surface area contributed by atoms with Crippen molar-refractivity contribution >= 4 is 39.6 Å². The molecule has 9 heteroatoms. The Bertz CT molecular complexity index is 859. The van der Waals surface area contributed by atoms with Gasteiger partial charge in [0.25, 0.3) is 0 Å². The Morgan fingerprint density at radius 1 is 1.36 bits per heavy atom. The number of benzene rings is 1. The smallest absolute Gasteiger partial charge is 0.326 e. The average Bonchev–Trinajstić information content (AvgIpc) is 2.91. The number of likely N-dealkylation sites (tertiary alicyclic amines) is 1. The molecule has 1 heterocycles. The highest BCUT2D eigenvalue weighted by atomic mass is 35.5. The summed E-state index contributed by atoms with van der Waals surface area (Å²) in [6.07, 6.45) is 1.90. The summed E-state index contributed by atoms with van der Waals surface area (Å²) in [5.41, 5.74) is 0.354. The molecule has 0 aliphatic carbocycles. The van der Waals surface area contributed by atoms with Crippen LogP contribution in [0.25, 0.3) is 6.08 Å². The lowest BCUT2D eigenvalue weighted by Crippen LogP contribution is -2.48. The van der Waals surface area contributed by atoms with Gasteiger partial charge in [0, 0.05) is 17.0 Å². The second kappa shape index (κ2) is 8.63. The minimum Gasteiger partial charge on any atom is -0.480 e. The number of sulfonamides is 1. The molecule has 2 rings (SSSR count). The Morgan fingerprint density at radius 3 is 2.50 bits per heavy atom. The lowest BCUT2D eigenvalue weighted by atomic mass is 9.87. The molecule has 0 aromatic heterocycles. The second-order valence-corrected chi connectivity index (χ2v) is 10.0. The van der Waals surface area contributed by atoms with Crippen LogP contribution in [-0.2, 0) is 19.6 Å². The number of halogens is 1. The molecule has 1 aliphatic rings. The molecule has 1 fully saturated rings. The third-order valence-electron chi connectivity index (χ3n) is 4.32. The zero-order valence-electron chi connectivity index (χ0n) is 16.1. The minimum absolute atomic E-state index is 0.194. The number of nitrogens with zero attached hydrogens (tertiary/aromatic N) is 1. The number of hydrogen-bond acceptors (Lipinski definition) is 4. The predicted molar refractivity (Wildman–Crippen MR) is 108 cm³/mol. The van der Waals surface area contributed by atoms with Gasteiger partial charge in [-0.1, -0.05) is 44.5 Å². The van der Waals surface area contributed by atoms with Gasteiger partial charge < -0.3 is 10.0 Å². The number of carbonyl (C=O) groups is 2. The lowest BCUT2D eigenvalue weighted by molar-refractivity contribution is -0.149. The highest BCUT2D eigenvalue weighted by Crippen LogP contribution is 2.27. The van der Waals surface area contributed by atoms with Crippen LogP contribution in [0.5, 0.6) is 0 Å². The number of carboxylic acids is 1. The van der Waals surface area contributed by atoms with Gasteiger partial charge in [-0.15, -0.1) is 0 Å². The fourth-order valence-electron chi connectivity index (χ4n) is 3.01. The zero-order chi connectivity index (χ0) is 21.1. The van der Waals surface area contributed by atoms with Gasteiger partial charge in [0.05, 0.1) is 0 Å². The highest BCUT2D eigenvalue weighted by molar-refractivity contribution is 7.92. The number of aliphatic carboxylic acids is 1. The SMILES string of the molecule is CC(C)(C)C[C@@H](C(=O)O)N1CC[C@H](NS(=O)(=O)C=Cc2ccc(Cl)cc2)C1=O. The monoisotopic (exact) mass is 428 g/mol. The fraction of sp³-hybridized carbons (Fsp3) is 0.474. The summed E-state index contributed by atoms with van der Waals surface area (Å²) in [7, 11) is -3.87. The van der Waals surface area contributed by atoms with Crippen molar-refractivity contribution in [3.05, 3.63) is 40.3 Å². The quantitative estimate of drug-likeness (QED) is 0.694. The van der Waals surface area contributed by atoms with E-state index in [4.69, 9.17) is 11.6 Å². The summed E-state index contributed by atoms with van der Waals surface area (Å²) < 4.78 is 26.9. The first-order valence-corrected chi connectivity index (χ1v) is 10.8. The van der Waals surface area contributed by atoms with Crippen molar-refractivity contribution in [3.63, 3.8) is 0 Å². The van der Waals surface area contributed by atoms with Gasteiger partial charge >= 0.3 is 5.97 Å². The maximum Gasteiger partial charge on any atom is 0.326 e. The van der Waals surface area contributed by atoms with Crippen LogP contribution in [0.3, 0.4) is 0 Å². The summed E-state index contributed by atoms with van der Waals surface area (Å²) in [5, 5.41) is 11.0. The van der Waals surface area contributed by atoms with Gasteiger partial charge in [0.1, 0.15) is 12.1 Å². The van der Waals surface area contributed by atoms with Crippen molar-refractivity contribution < 1.29 is 23.1 Å². The number of amides is 1. The van der Waals surface area contributed by atoms with E-state index in [2.05, 4.69) is 4.72 Å². The predicted octanol–water partition coefficient (Wildman–Crippen LogP) is 2.72. The zero-order valence-corrected chi connectivity index (χ0v) is 17.6. The molecule has 0 bridgehead atoms. The third kappa shape index (κ3) is 6.32. The van der Waals surface area contributed by atoms with Crippen LogP contribution < -0.4 is 4.72 Å². The van der Waals surface area contributed by atoms with Crippen LogP contribution in [0.1, 0.15) is 39.2 Å². The third-order valence-corrected chi connectivity index (χ3v) is 5.68. The highest BCUT2D eigenvalue weighted by Gasteiger charge is 2.41. The topological polar surface area (TPSA) is 104 Å². The molecule has 1 aromatic carbocycles. The first-order chi connectivity index (χ1) is 12.9. The Morgan fingerprint density at radius 2 is 1.96 bits per heavy atom. The largest absolute Gasteiger partial charge is 0.480 e. The van der Waals surface area contributed by atoms with E-state index in [1.165, 1.54) is 11.0 Å². The van der Waals surface area contributed by atoms with Gasteiger partial charge in [-0.3, -0.25) is 4.79 Å². The van der Waals surface area contributed by atoms with Crippen molar-refractivity contribution in [3.8, 4) is 0 Å². The van der Waals surface area contributed by atoms with E-state index in [1.807, 2.05) is 20.8 Å². The summed E-state index contributed by atoms with van der Waals surface area (Å²) in [4.78, 5) is 25.5. The molecule has 1 aromatic rings. The summed E-state index contributed by atoms with van der Waals surface area (Å²) in [6.45, 7) is 5.88. The first kappa shape index (κ1) is 22.4. The van der Waals surface area contributed by atoms with E-state index in [0.29, 0.717) is 10.6 Å². The Balaban J connectivity index is 2.07. The summed E-state index contributed by atoms with van der Waals surface area (Å²) in [6, 6.07) is 4.66. The normalized spacial score (nSPS) is 19.4. The van der Waals surface area contributed by atoms with E-state index in [-0.39, 0.29) is 24.8 Å². The Hall–Kier alpha value is -1.90. The van der Waals surface area contributed by atoms with E-state index in [9.17, 15) is 23.1 Å². The fourth-order valence-corrected chi connectivity index (χ4v) is 4.17. The van der Waals surface area contributed by atoms with Crippen LogP contribution >= 0.6 is 11.6 Å². The molecule has 0 spiro atoms. The Kier molecular flexibility index (Phi) is 6.90. The van der Waals surface area contributed by atoms with E-state index < -0.39 is 34.0 Å². The van der Waals surface area contributed by atoms with Crippen molar-refractivity contribution in [1.29, 1.82) is 0 Å². The number of carbonyl (C=O) groups excluding carboxylic acids is 1. The molecule has 2 N–H and O–H groups in total. The number of carboxylic acid groups (broad SMARTS) is 1. The molecule has 2 atom stereocenters. The number of rotatable bonds is 7. The van der Waals surface area contributed by atoms with Crippen molar-refractivity contribution in [2.24, 2.45) is 5.41 Å². The molecule has 0 saturated carbocycles. The van der Waals surface area contributed by atoms with Gasteiger partial charge in [-0.2, -0.15) is 4.72 Å². The number of hydrogen-bond donors (Lipinski definition) is 2. The van der Waals surface area contributed by atoms with Crippen molar-refractivity contribution in [2.45, 2.75) is 45.7 Å². The Labute approximate surface area is 170 Å². The van der Waals surface area contributed by atoms with Gasteiger partial charge in [0.2, 0.25) is 15.9 Å². The average molecular weight is 429 g/mol. The molecular weight excluding hydrogens is 404 g/mol. The second-order valence-electron chi connectivity index (χ2n) is 8.01. The van der Waals surface area contributed by atoms with Gasteiger partial charge in [-0.05, 0) is 42.0 Å². The van der Waals surface area contributed by atoms with Crippen LogP contribution in [0, 0.1) is 5.41 Å². The van der Waals surface area contributed by atoms with Gasteiger partial charge in [-0.25, -0.2) is 13.2 Å². The summed E-state index contributed by atoms with van der Waals surface area (Å²) >= 11 is 5.79. The molecule has 1 aliphatic heterocycles. The summed E-state index contributed by atoms with van der Waals surface area (Å²) in [5.74, 6) is -1.60. The number of nitrogens with one attached hydrogen (secondary N) is 1. The van der Waals surface area contributed by atoms with E-state index in [0.717, 1.165) is 5.41 Å². The maximum atomic E-state index is 12.6. The molecule has 0 radical (unpaired) electrons. The first-order valence-electron chi connectivity index (χ1n) is 8.87. The minimum atomic E-state index is -3.87. The molecule has 1 saturated heterocycles. The molecule has 154 valence electrons. The van der Waals surface area contributed by atoms with Crippen LogP contribution in [0.4, 0.5) is 0 Å².